The molecule has 6 aromatic rings. The number of aromatic nitrogens is 2. The van der Waals surface area contributed by atoms with E-state index < -0.39 is 11.9 Å². The number of fused-ring (bicyclic) bond motifs is 2. The standard InChI is InChI=1S/2C27H28N2O3S/c2*1-3-5-23(15-27(30)31)22-8-10-24(11-9-22)32-18-21-7-4-6-20(14-21)16-29-13-12-26-25(17-29)28-19(2)33-26/h2*4,6-11,14,23H,12-13,15-18H2,1-2H3,(H,30,31). The molecular formula is C54H56N4O6S2. The highest BCUT2D eigenvalue weighted by Gasteiger charge is 2.22. The number of hydrogen-bond donors (Lipinski definition) is 2. The van der Waals surface area contributed by atoms with Crippen molar-refractivity contribution in [2.45, 2.75) is 105 Å². The van der Waals surface area contributed by atoms with Crippen molar-refractivity contribution in [2.75, 3.05) is 13.1 Å². The van der Waals surface area contributed by atoms with Gasteiger partial charge in [-0.1, -0.05) is 84.6 Å². The first-order chi connectivity index (χ1) is 32.0. The van der Waals surface area contributed by atoms with Gasteiger partial charge in [0.15, 0.2) is 0 Å². The molecule has 2 atom stereocenters. The Bertz CT molecular complexity index is 2540. The van der Waals surface area contributed by atoms with Crippen LogP contribution in [0.2, 0.25) is 0 Å². The SMILES string of the molecule is CC#CC(CC(=O)O)c1ccc(OCc2cccc(CN3CCc4sc(C)nc4C3)c2)cc1.CC#CC(CC(=O)O)c1ccc(OCc2cccc(CN3CCc4sc(C)nc4C3)c2)cc1. The summed E-state index contributed by atoms with van der Waals surface area (Å²) in [6, 6.07) is 32.2. The first kappa shape index (κ1) is 47.7. The van der Waals surface area contributed by atoms with Gasteiger partial charge in [0.25, 0.3) is 0 Å². The van der Waals surface area contributed by atoms with Crippen LogP contribution in [0, 0.1) is 37.5 Å². The molecule has 0 amide bonds. The van der Waals surface area contributed by atoms with Gasteiger partial charge in [0.05, 0.1) is 46.1 Å². The van der Waals surface area contributed by atoms with Gasteiger partial charge in [-0.05, 0) is 98.2 Å². The lowest BCUT2D eigenvalue weighted by atomic mass is 9.96. The van der Waals surface area contributed by atoms with Gasteiger partial charge in [0.1, 0.15) is 24.7 Å². The van der Waals surface area contributed by atoms with Gasteiger partial charge >= 0.3 is 11.9 Å². The Labute approximate surface area is 396 Å². The minimum Gasteiger partial charge on any atom is -0.489 e. The quantitative estimate of drug-likeness (QED) is 0.0907. The number of nitrogens with zero attached hydrogens (tertiary/aromatic N) is 4. The predicted molar refractivity (Wildman–Crippen MR) is 261 cm³/mol. The van der Waals surface area contributed by atoms with Crippen molar-refractivity contribution in [2.24, 2.45) is 0 Å². The van der Waals surface area contributed by atoms with Crippen LogP contribution in [0.4, 0.5) is 0 Å². The van der Waals surface area contributed by atoms with Crippen LogP contribution < -0.4 is 9.47 Å². The van der Waals surface area contributed by atoms with Gasteiger partial charge in [-0.15, -0.1) is 34.5 Å². The molecule has 0 radical (unpaired) electrons. The largest absolute Gasteiger partial charge is 0.489 e. The monoisotopic (exact) mass is 920 g/mol. The van der Waals surface area contributed by atoms with Crippen molar-refractivity contribution < 1.29 is 29.3 Å². The minimum atomic E-state index is -0.852. The highest BCUT2D eigenvalue weighted by Crippen LogP contribution is 2.28. The van der Waals surface area contributed by atoms with Gasteiger partial charge in [-0.25, -0.2) is 9.97 Å². The number of carboxylic acids is 2. The van der Waals surface area contributed by atoms with E-state index in [0.717, 1.165) is 95.9 Å². The molecular weight excluding hydrogens is 865 g/mol. The maximum atomic E-state index is 11.1. The lowest BCUT2D eigenvalue weighted by molar-refractivity contribution is -0.138. The number of aliphatic carboxylic acids is 2. The normalized spacial score (nSPS) is 14.1. The first-order valence-electron chi connectivity index (χ1n) is 22.2. The summed E-state index contributed by atoms with van der Waals surface area (Å²) in [6.07, 6.45) is 2.15. The van der Waals surface area contributed by atoms with Crippen LogP contribution in [0.1, 0.15) is 103 Å². The summed E-state index contributed by atoms with van der Waals surface area (Å²) in [7, 11) is 0. The number of ether oxygens (including phenoxy) is 2. The Morgan fingerprint density at radius 2 is 1.02 bits per heavy atom. The van der Waals surface area contributed by atoms with Crippen LogP contribution in [-0.4, -0.2) is 55.0 Å². The van der Waals surface area contributed by atoms with Crippen LogP contribution in [0.5, 0.6) is 11.5 Å². The summed E-state index contributed by atoms with van der Waals surface area (Å²) in [5.41, 5.74) is 9.05. The fourth-order valence-electron chi connectivity index (χ4n) is 8.31. The molecule has 2 aromatic heterocycles. The zero-order chi connectivity index (χ0) is 46.4. The average molecular weight is 921 g/mol. The zero-order valence-corrected chi connectivity index (χ0v) is 39.6. The van der Waals surface area contributed by atoms with Crippen molar-refractivity contribution >= 4 is 34.6 Å². The van der Waals surface area contributed by atoms with E-state index in [4.69, 9.17) is 19.7 Å². The van der Waals surface area contributed by atoms with E-state index in [1.54, 1.807) is 13.8 Å². The highest BCUT2D eigenvalue weighted by molar-refractivity contribution is 7.12. The zero-order valence-electron chi connectivity index (χ0n) is 38.0. The summed E-state index contributed by atoms with van der Waals surface area (Å²) >= 11 is 3.65. The Morgan fingerprint density at radius 3 is 1.39 bits per heavy atom. The number of benzene rings is 4. The molecule has 340 valence electrons. The summed E-state index contributed by atoms with van der Waals surface area (Å²) in [5, 5.41) is 20.5. The molecule has 8 rings (SSSR count). The van der Waals surface area contributed by atoms with E-state index >= 15 is 0 Å². The van der Waals surface area contributed by atoms with E-state index in [9.17, 15) is 9.59 Å². The molecule has 10 nitrogen and oxygen atoms in total. The molecule has 2 aliphatic rings. The molecule has 0 aliphatic carbocycles. The fraction of sp³-hybridized carbons (Fsp3) is 0.333. The Kier molecular flexibility index (Phi) is 16.8. The van der Waals surface area contributed by atoms with E-state index in [1.807, 2.05) is 71.2 Å². The Hall–Kier alpha value is -6.28. The topological polar surface area (TPSA) is 125 Å². The smallest absolute Gasteiger partial charge is 0.304 e. The van der Waals surface area contributed by atoms with Crippen molar-refractivity contribution in [3.63, 3.8) is 0 Å². The van der Waals surface area contributed by atoms with Gasteiger partial charge in [-0.2, -0.15) is 0 Å². The van der Waals surface area contributed by atoms with Crippen LogP contribution in [0.15, 0.2) is 97.1 Å². The number of carbonyl (C=O) groups is 2. The van der Waals surface area contributed by atoms with Gasteiger partial charge < -0.3 is 19.7 Å². The second-order valence-electron chi connectivity index (χ2n) is 16.6. The summed E-state index contributed by atoms with van der Waals surface area (Å²) < 4.78 is 12.0. The van der Waals surface area contributed by atoms with Crippen LogP contribution in [0.25, 0.3) is 0 Å². The Morgan fingerprint density at radius 1 is 0.621 bits per heavy atom. The third-order valence-electron chi connectivity index (χ3n) is 11.4. The molecule has 2 unspecified atom stereocenters. The summed E-state index contributed by atoms with van der Waals surface area (Å²) in [4.78, 5) is 39.3. The van der Waals surface area contributed by atoms with Crippen molar-refractivity contribution in [3.05, 3.63) is 162 Å². The van der Waals surface area contributed by atoms with Crippen LogP contribution >= 0.6 is 22.7 Å². The maximum absolute atomic E-state index is 11.1. The molecule has 0 saturated carbocycles. The van der Waals surface area contributed by atoms with E-state index in [2.05, 4.69) is 106 Å². The molecule has 0 spiro atoms. The summed E-state index contributed by atoms with van der Waals surface area (Å²) in [6.45, 7) is 14.3. The molecule has 4 heterocycles. The van der Waals surface area contributed by atoms with Gasteiger partial charge in [0, 0.05) is 49.0 Å². The highest BCUT2D eigenvalue weighted by atomic mass is 32.1. The van der Waals surface area contributed by atoms with E-state index in [-0.39, 0.29) is 24.7 Å². The molecule has 0 bridgehead atoms. The second kappa shape index (κ2) is 23.3. The van der Waals surface area contributed by atoms with Gasteiger partial charge in [0.2, 0.25) is 0 Å². The fourth-order valence-corrected chi connectivity index (χ4v) is 10.2. The van der Waals surface area contributed by atoms with Crippen molar-refractivity contribution in [1.82, 2.24) is 19.8 Å². The van der Waals surface area contributed by atoms with Gasteiger partial charge in [-0.3, -0.25) is 19.4 Å². The van der Waals surface area contributed by atoms with Crippen LogP contribution in [-0.2, 0) is 61.8 Å². The van der Waals surface area contributed by atoms with Crippen molar-refractivity contribution in [3.8, 4) is 35.2 Å². The predicted octanol–water partition coefficient (Wildman–Crippen LogP) is 10.3. The number of hydrogen-bond acceptors (Lipinski definition) is 10. The number of thiazole rings is 2. The van der Waals surface area contributed by atoms with E-state index in [1.165, 1.54) is 32.3 Å². The first-order valence-corrected chi connectivity index (χ1v) is 23.9. The third kappa shape index (κ3) is 13.9. The lowest BCUT2D eigenvalue weighted by Gasteiger charge is -2.26. The summed E-state index contributed by atoms with van der Waals surface area (Å²) in [5.74, 6) is 10.8. The minimum absolute atomic E-state index is 0.00571. The number of rotatable bonds is 16. The van der Waals surface area contributed by atoms with Crippen LogP contribution in [0.3, 0.4) is 0 Å². The molecule has 12 heteroatoms. The average Bonchev–Trinajstić information content (AvgIpc) is 3.87. The molecule has 4 aromatic carbocycles. The number of aryl methyl sites for hydroxylation is 2. The second-order valence-corrected chi connectivity index (χ2v) is 19.1. The molecule has 0 saturated heterocycles. The third-order valence-corrected chi connectivity index (χ3v) is 13.5. The lowest BCUT2D eigenvalue weighted by Crippen LogP contribution is -2.29. The Balaban J connectivity index is 0.000000196. The maximum Gasteiger partial charge on any atom is 0.304 e. The van der Waals surface area contributed by atoms with Crippen molar-refractivity contribution in [1.29, 1.82) is 0 Å². The number of carboxylic acid groups (broad SMARTS) is 2. The molecule has 0 fully saturated rings. The molecule has 66 heavy (non-hydrogen) atoms. The molecule has 2 N–H and O–H groups in total. The molecule has 2 aliphatic heterocycles. The van der Waals surface area contributed by atoms with E-state index in [0.29, 0.717) is 13.2 Å².